The van der Waals surface area contributed by atoms with Crippen LogP contribution >= 0.6 is 11.6 Å². The standard InChI is InChI=1S/C19H19ClN4O/c1-3-23(4-2)9-10-24-15-6-5-14(20)16-17(15)18(22-24)12-7-8-21-11-13(12)19(16)25/h5-8,11H,3-4,9-10H2,1-2H3. The van der Waals surface area contributed by atoms with E-state index >= 15 is 0 Å². The Morgan fingerprint density at radius 1 is 1.16 bits per heavy atom. The van der Waals surface area contributed by atoms with Gasteiger partial charge in [-0.25, -0.2) is 0 Å². The molecule has 2 aromatic heterocycles. The van der Waals surface area contributed by atoms with E-state index in [9.17, 15) is 4.79 Å². The average Bonchev–Trinajstić information content (AvgIpc) is 3.00. The lowest BCUT2D eigenvalue weighted by Crippen LogP contribution is -2.27. The van der Waals surface area contributed by atoms with Crippen molar-refractivity contribution in [2.24, 2.45) is 0 Å². The zero-order valence-corrected chi connectivity index (χ0v) is 15.0. The molecule has 0 spiro atoms. The van der Waals surface area contributed by atoms with Crippen LogP contribution in [0.15, 0.2) is 30.6 Å². The van der Waals surface area contributed by atoms with Gasteiger partial charge in [0.05, 0.1) is 28.2 Å². The molecule has 5 nitrogen and oxygen atoms in total. The van der Waals surface area contributed by atoms with E-state index in [0.29, 0.717) is 16.1 Å². The van der Waals surface area contributed by atoms with Crippen LogP contribution in [0.2, 0.25) is 5.02 Å². The number of rotatable bonds is 5. The molecule has 0 atom stereocenters. The lowest BCUT2D eigenvalue weighted by molar-refractivity contribution is 0.104. The van der Waals surface area contributed by atoms with Crippen molar-refractivity contribution < 1.29 is 4.79 Å². The number of carbonyl (C=O) groups excluding carboxylic acids is 1. The summed E-state index contributed by atoms with van der Waals surface area (Å²) in [5.74, 6) is -0.0745. The van der Waals surface area contributed by atoms with E-state index in [1.165, 1.54) is 0 Å². The third-order valence-corrected chi connectivity index (χ3v) is 5.25. The summed E-state index contributed by atoms with van der Waals surface area (Å²) >= 11 is 6.37. The van der Waals surface area contributed by atoms with Gasteiger partial charge in [-0.2, -0.15) is 5.10 Å². The molecule has 0 saturated heterocycles. The van der Waals surface area contributed by atoms with E-state index in [1.807, 2.05) is 16.8 Å². The predicted molar refractivity (Wildman–Crippen MR) is 99.2 cm³/mol. The second-order valence-electron chi connectivity index (χ2n) is 6.17. The van der Waals surface area contributed by atoms with Crippen molar-refractivity contribution in [3.05, 3.63) is 46.7 Å². The molecule has 3 aromatic rings. The number of halogens is 1. The van der Waals surface area contributed by atoms with Crippen LogP contribution in [0.5, 0.6) is 0 Å². The van der Waals surface area contributed by atoms with Crippen molar-refractivity contribution in [1.29, 1.82) is 0 Å². The monoisotopic (exact) mass is 354 g/mol. The number of carbonyl (C=O) groups is 1. The van der Waals surface area contributed by atoms with Crippen LogP contribution in [0, 0.1) is 0 Å². The summed E-state index contributed by atoms with van der Waals surface area (Å²) in [5.41, 5.74) is 3.73. The van der Waals surface area contributed by atoms with Gasteiger partial charge in [-0.1, -0.05) is 25.4 Å². The van der Waals surface area contributed by atoms with E-state index in [4.69, 9.17) is 16.7 Å². The molecule has 0 saturated carbocycles. The minimum atomic E-state index is -0.0745. The Labute approximate surface area is 151 Å². The van der Waals surface area contributed by atoms with Crippen LogP contribution in [0.1, 0.15) is 29.8 Å². The number of aromatic nitrogens is 3. The highest BCUT2D eigenvalue weighted by Crippen LogP contribution is 2.41. The maximum absolute atomic E-state index is 12.9. The molecule has 0 amide bonds. The van der Waals surface area contributed by atoms with Crippen LogP contribution in [-0.2, 0) is 6.54 Å². The summed E-state index contributed by atoms with van der Waals surface area (Å²) in [6, 6.07) is 5.60. The van der Waals surface area contributed by atoms with Crippen molar-refractivity contribution in [2.45, 2.75) is 20.4 Å². The van der Waals surface area contributed by atoms with Crippen LogP contribution in [-0.4, -0.2) is 45.1 Å². The highest BCUT2D eigenvalue weighted by Gasteiger charge is 2.30. The number of hydrogen-bond donors (Lipinski definition) is 0. The molecule has 1 aliphatic carbocycles. The van der Waals surface area contributed by atoms with E-state index in [-0.39, 0.29) is 5.78 Å². The topological polar surface area (TPSA) is 51.0 Å². The van der Waals surface area contributed by atoms with Gasteiger partial charge in [0.25, 0.3) is 0 Å². The van der Waals surface area contributed by atoms with Gasteiger partial charge >= 0.3 is 0 Å². The highest BCUT2D eigenvalue weighted by atomic mass is 35.5. The molecule has 0 radical (unpaired) electrons. The van der Waals surface area contributed by atoms with Crippen molar-refractivity contribution in [2.75, 3.05) is 19.6 Å². The van der Waals surface area contributed by atoms with Crippen molar-refractivity contribution in [3.8, 4) is 11.3 Å². The van der Waals surface area contributed by atoms with Crippen LogP contribution in [0.3, 0.4) is 0 Å². The van der Waals surface area contributed by atoms with Crippen LogP contribution < -0.4 is 0 Å². The fourth-order valence-corrected chi connectivity index (χ4v) is 3.76. The Kier molecular flexibility index (Phi) is 4.06. The number of hydrogen-bond acceptors (Lipinski definition) is 4. The normalized spacial score (nSPS) is 12.9. The average molecular weight is 355 g/mol. The van der Waals surface area contributed by atoms with Crippen LogP contribution in [0.4, 0.5) is 0 Å². The summed E-state index contributed by atoms with van der Waals surface area (Å²) in [5, 5.41) is 6.15. The van der Waals surface area contributed by atoms with Crippen molar-refractivity contribution in [3.63, 3.8) is 0 Å². The quantitative estimate of drug-likeness (QED) is 0.549. The first-order chi connectivity index (χ1) is 12.2. The zero-order chi connectivity index (χ0) is 17.6. The molecule has 0 bridgehead atoms. The van der Waals surface area contributed by atoms with E-state index in [1.54, 1.807) is 18.5 Å². The third kappa shape index (κ3) is 2.46. The summed E-state index contributed by atoms with van der Waals surface area (Å²) in [4.78, 5) is 19.4. The molecular formula is C19H19ClN4O. The highest BCUT2D eigenvalue weighted by molar-refractivity contribution is 6.39. The minimum Gasteiger partial charge on any atom is -0.302 e. The number of fused-ring (bicyclic) bond motifs is 2. The summed E-state index contributed by atoms with van der Waals surface area (Å²) < 4.78 is 1.99. The van der Waals surface area contributed by atoms with Crippen LogP contribution in [0.25, 0.3) is 22.2 Å². The second kappa shape index (κ2) is 6.24. The molecule has 128 valence electrons. The fraction of sp³-hybridized carbons (Fsp3) is 0.316. The lowest BCUT2D eigenvalue weighted by atomic mass is 9.89. The predicted octanol–water partition coefficient (Wildman–Crippen LogP) is 3.64. The van der Waals surface area contributed by atoms with Gasteiger partial charge in [-0.05, 0) is 31.3 Å². The maximum atomic E-state index is 12.9. The molecule has 1 aliphatic rings. The molecular weight excluding hydrogens is 336 g/mol. The van der Waals surface area contributed by atoms with E-state index in [2.05, 4.69) is 23.7 Å². The van der Waals surface area contributed by atoms with E-state index in [0.717, 1.165) is 48.3 Å². The maximum Gasteiger partial charge on any atom is 0.197 e. The Balaban J connectivity index is 1.90. The largest absolute Gasteiger partial charge is 0.302 e. The van der Waals surface area contributed by atoms with Gasteiger partial charge in [-0.15, -0.1) is 0 Å². The number of nitrogens with zero attached hydrogens (tertiary/aromatic N) is 4. The van der Waals surface area contributed by atoms with Gasteiger partial charge in [0.2, 0.25) is 0 Å². The first-order valence-electron chi connectivity index (χ1n) is 8.56. The molecule has 4 rings (SSSR count). The molecule has 0 aliphatic heterocycles. The molecule has 6 heteroatoms. The number of benzene rings is 1. The molecule has 0 fully saturated rings. The number of pyridine rings is 1. The van der Waals surface area contributed by atoms with Crippen molar-refractivity contribution >= 4 is 28.3 Å². The summed E-state index contributed by atoms with van der Waals surface area (Å²) in [6.45, 7) is 8.01. The first kappa shape index (κ1) is 16.2. The smallest absolute Gasteiger partial charge is 0.197 e. The third-order valence-electron chi connectivity index (χ3n) is 4.94. The number of likely N-dealkylation sites (N-methyl/N-ethyl adjacent to an activating group) is 1. The lowest BCUT2D eigenvalue weighted by Gasteiger charge is -2.17. The molecule has 25 heavy (non-hydrogen) atoms. The number of ketones is 1. The minimum absolute atomic E-state index is 0.0745. The van der Waals surface area contributed by atoms with Gasteiger partial charge in [0.1, 0.15) is 5.69 Å². The van der Waals surface area contributed by atoms with Gasteiger partial charge in [0, 0.05) is 29.9 Å². The van der Waals surface area contributed by atoms with Gasteiger partial charge < -0.3 is 4.90 Å². The zero-order valence-electron chi connectivity index (χ0n) is 14.3. The Morgan fingerprint density at radius 3 is 2.72 bits per heavy atom. The van der Waals surface area contributed by atoms with Gasteiger partial charge in [-0.3, -0.25) is 14.5 Å². The second-order valence-corrected chi connectivity index (χ2v) is 6.57. The Hall–Kier alpha value is -2.24. The first-order valence-corrected chi connectivity index (χ1v) is 8.94. The van der Waals surface area contributed by atoms with Gasteiger partial charge in [0.15, 0.2) is 5.78 Å². The molecule has 0 N–H and O–H groups in total. The van der Waals surface area contributed by atoms with E-state index < -0.39 is 0 Å². The SMILES string of the molecule is CCN(CC)CCn1nc2c3c(c(Cl)ccc31)C(=O)c1cnccc1-2. The molecule has 1 aromatic carbocycles. The fourth-order valence-electron chi connectivity index (χ4n) is 3.52. The summed E-state index contributed by atoms with van der Waals surface area (Å²) in [7, 11) is 0. The van der Waals surface area contributed by atoms with Crippen molar-refractivity contribution in [1.82, 2.24) is 19.7 Å². The Morgan fingerprint density at radius 2 is 1.96 bits per heavy atom. The summed E-state index contributed by atoms with van der Waals surface area (Å²) in [6.07, 6.45) is 3.30. The molecule has 2 heterocycles. The Bertz CT molecular complexity index is 975. The molecule has 0 unspecified atom stereocenters.